The van der Waals surface area contributed by atoms with Crippen LogP contribution in [0, 0.1) is 0 Å². The minimum absolute atomic E-state index is 0.160. The fraction of sp³-hybridized carbons (Fsp3) is 0.833. The van der Waals surface area contributed by atoms with Gasteiger partial charge in [-0.05, 0) is 90.1 Å². The lowest BCUT2D eigenvalue weighted by Gasteiger charge is -2.18. The van der Waals surface area contributed by atoms with Gasteiger partial charge in [0.15, 0.2) is 6.29 Å². The molecule has 0 rings (SSSR count). The molecule has 0 fully saturated rings. The Bertz CT molecular complexity index is 486. The predicted molar refractivity (Wildman–Crippen MR) is 150 cm³/mol. The summed E-state index contributed by atoms with van der Waals surface area (Å²) in [5, 5.41) is 12.1. The second-order valence-electron chi connectivity index (χ2n) is 9.28. The molecule has 0 aliphatic rings. The minimum Gasteiger partial charge on any atom is -0.466 e. The lowest BCUT2D eigenvalue weighted by Crippen LogP contribution is -2.21. The van der Waals surface area contributed by atoms with Crippen LogP contribution in [0.25, 0.3) is 0 Å². The summed E-state index contributed by atoms with van der Waals surface area (Å²) < 4.78 is 17.4. The Morgan fingerprint density at radius 1 is 0.722 bits per heavy atom. The molecule has 0 aromatic carbocycles. The van der Waals surface area contributed by atoms with Gasteiger partial charge in [-0.1, -0.05) is 51.0 Å². The molecule has 0 unspecified atom stereocenters. The highest BCUT2D eigenvalue weighted by Gasteiger charge is 2.13. The van der Waals surface area contributed by atoms with Crippen molar-refractivity contribution in [2.45, 2.75) is 123 Å². The van der Waals surface area contributed by atoms with Crippen LogP contribution in [0.3, 0.4) is 0 Å². The van der Waals surface area contributed by atoms with Gasteiger partial charge in [0.25, 0.3) is 0 Å². The van der Waals surface area contributed by atoms with E-state index in [0.29, 0.717) is 32.7 Å². The number of hydrogen-bond donors (Lipinski definition) is 2. The topological polar surface area (TPSA) is 77.0 Å². The van der Waals surface area contributed by atoms with Crippen molar-refractivity contribution in [2.75, 3.05) is 39.5 Å². The third-order valence-corrected chi connectivity index (χ3v) is 5.80. The number of aliphatic hydroxyl groups is 1. The number of unbranched alkanes of at least 4 members (excludes halogenated alkanes) is 8. The number of carbonyl (C=O) groups excluding carboxylic acids is 1. The summed E-state index contributed by atoms with van der Waals surface area (Å²) in [4.78, 5) is 12.2. The van der Waals surface area contributed by atoms with Crippen molar-refractivity contribution in [3.05, 3.63) is 24.3 Å². The van der Waals surface area contributed by atoms with Crippen molar-refractivity contribution in [2.24, 2.45) is 0 Å². The van der Waals surface area contributed by atoms with Crippen LogP contribution in [0.5, 0.6) is 0 Å². The number of carbonyl (C=O) groups is 1. The first-order valence-corrected chi connectivity index (χ1v) is 14.7. The maximum atomic E-state index is 12.2. The first-order valence-electron chi connectivity index (χ1n) is 14.7. The molecule has 0 amide bonds. The van der Waals surface area contributed by atoms with Gasteiger partial charge in [-0.3, -0.25) is 4.79 Å². The molecule has 2 N–H and O–H groups in total. The first kappa shape index (κ1) is 34.8. The lowest BCUT2D eigenvalue weighted by molar-refractivity contribution is -0.159. The lowest BCUT2D eigenvalue weighted by atomic mass is 10.2. The summed E-state index contributed by atoms with van der Waals surface area (Å²) in [6.07, 6.45) is 24.1. The van der Waals surface area contributed by atoms with E-state index >= 15 is 0 Å². The quantitative estimate of drug-likeness (QED) is 0.0517. The van der Waals surface area contributed by atoms with Gasteiger partial charge < -0.3 is 24.6 Å². The average Bonchev–Trinajstić information content (AvgIpc) is 2.88. The van der Waals surface area contributed by atoms with E-state index in [1.165, 1.54) is 0 Å². The monoisotopic (exact) mass is 511 g/mol. The largest absolute Gasteiger partial charge is 0.466 e. The third kappa shape index (κ3) is 27.4. The van der Waals surface area contributed by atoms with Crippen LogP contribution in [-0.2, 0) is 19.0 Å². The normalized spacial score (nSPS) is 11.9. The minimum atomic E-state index is -0.334. The van der Waals surface area contributed by atoms with Crippen LogP contribution in [0.2, 0.25) is 0 Å². The van der Waals surface area contributed by atoms with Gasteiger partial charge in [-0.2, -0.15) is 0 Å². The smallest absolute Gasteiger partial charge is 0.305 e. The van der Waals surface area contributed by atoms with E-state index < -0.39 is 0 Å². The van der Waals surface area contributed by atoms with Gasteiger partial charge >= 0.3 is 5.97 Å². The third-order valence-electron chi connectivity index (χ3n) is 5.80. The zero-order valence-electron chi connectivity index (χ0n) is 23.5. The molecular weight excluding hydrogens is 454 g/mol. The molecule has 36 heavy (non-hydrogen) atoms. The van der Waals surface area contributed by atoms with Crippen LogP contribution in [-0.4, -0.2) is 56.9 Å². The highest BCUT2D eigenvalue weighted by molar-refractivity contribution is 5.69. The number of aliphatic hydroxyl groups excluding tert-OH is 1. The molecule has 0 spiro atoms. The van der Waals surface area contributed by atoms with Crippen LogP contribution >= 0.6 is 0 Å². The Hall–Kier alpha value is -1.21. The van der Waals surface area contributed by atoms with Gasteiger partial charge in [0.1, 0.15) is 0 Å². The van der Waals surface area contributed by atoms with Crippen molar-refractivity contribution >= 4 is 5.97 Å². The fourth-order valence-electron chi connectivity index (χ4n) is 3.63. The summed E-state index contributed by atoms with van der Waals surface area (Å²) in [6, 6.07) is 0. The van der Waals surface area contributed by atoms with E-state index in [9.17, 15) is 4.79 Å². The molecule has 212 valence electrons. The molecule has 6 nitrogen and oxygen atoms in total. The second kappa shape index (κ2) is 30.0. The first-order chi connectivity index (χ1) is 17.7. The highest BCUT2D eigenvalue weighted by atomic mass is 16.7. The van der Waals surface area contributed by atoms with Crippen LogP contribution in [0.4, 0.5) is 0 Å². The number of allylic oxidation sites excluding steroid dienone is 4. The summed E-state index contributed by atoms with van der Waals surface area (Å²) in [5.41, 5.74) is 0. The molecular formula is C30H57NO5. The van der Waals surface area contributed by atoms with Gasteiger partial charge in [0.2, 0.25) is 0 Å². The molecule has 6 heteroatoms. The summed E-state index contributed by atoms with van der Waals surface area (Å²) >= 11 is 0. The van der Waals surface area contributed by atoms with Crippen LogP contribution in [0.1, 0.15) is 117 Å². The van der Waals surface area contributed by atoms with Crippen molar-refractivity contribution < 1.29 is 24.1 Å². The average molecular weight is 512 g/mol. The fourth-order valence-corrected chi connectivity index (χ4v) is 3.63. The number of esters is 1. The van der Waals surface area contributed by atoms with Gasteiger partial charge in [-0.15, -0.1) is 0 Å². The standard InChI is InChI=1S/C30H57NO5/c1-3-5-7-9-12-19-27-35-30(36-28-20-13-10-8-6-4-2)22-21-29(33)34-26-18-14-11-15-23-31-24-16-17-25-32/h5-8,30-32H,3-4,9-28H2,1-2H3/b7-5-,8-6-. The molecule has 0 radical (unpaired) electrons. The molecule has 0 saturated heterocycles. The number of hydrogen-bond acceptors (Lipinski definition) is 6. The van der Waals surface area contributed by atoms with E-state index in [2.05, 4.69) is 43.5 Å². The number of rotatable bonds is 28. The number of nitrogens with one attached hydrogen (secondary N) is 1. The molecule has 0 aromatic heterocycles. The van der Waals surface area contributed by atoms with E-state index in [-0.39, 0.29) is 18.9 Å². The Labute approximate surface area is 222 Å². The zero-order chi connectivity index (χ0) is 26.4. The Kier molecular flexibility index (Phi) is 29.0. The Morgan fingerprint density at radius 3 is 1.86 bits per heavy atom. The molecule has 0 aliphatic carbocycles. The van der Waals surface area contributed by atoms with Gasteiger partial charge in [0, 0.05) is 26.2 Å². The van der Waals surface area contributed by atoms with Gasteiger partial charge in [0.05, 0.1) is 13.0 Å². The molecule has 0 saturated carbocycles. The van der Waals surface area contributed by atoms with E-state index in [1.807, 2.05) is 0 Å². The molecule has 0 bridgehead atoms. The number of ether oxygens (including phenoxy) is 3. The van der Waals surface area contributed by atoms with E-state index in [4.69, 9.17) is 19.3 Å². The Balaban J connectivity index is 3.96. The summed E-state index contributed by atoms with van der Waals surface area (Å²) in [7, 11) is 0. The maximum Gasteiger partial charge on any atom is 0.305 e. The highest BCUT2D eigenvalue weighted by Crippen LogP contribution is 2.10. The van der Waals surface area contributed by atoms with Gasteiger partial charge in [-0.25, -0.2) is 0 Å². The van der Waals surface area contributed by atoms with Crippen molar-refractivity contribution in [1.29, 1.82) is 0 Å². The van der Waals surface area contributed by atoms with Crippen molar-refractivity contribution in [3.63, 3.8) is 0 Å². The SMILES string of the molecule is CC/C=C\CCCCOC(CCC(=O)OCCCCCCNCCCCO)OCCCC/C=C\CC. The maximum absolute atomic E-state index is 12.2. The Morgan fingerprint density at radius 2 is 1.28 bits per heavy atom. The predicted octanol–water partition coefficient (Wildman–Crippen LogP) is 6.86. The van der Waals surface area contributed by atoms with E-state index in [0.717, 1.165) is 103 Å². The van der Waals surface area contributed by atoms with Crippen molar-refractivity contribution in [1.82, 2.24) is 5.32 Å². The molecule has 0 atom stereocenters. The molecule has 0 aliphatic heterocycles. The summed E-state index contributed by atoms with van der Waals surface area (Å²) in [5.74, 6) is -0.160. The van der Waals surface area contributed by atoms with Crippen molar-refractivity contribution in [3.8, 4) is 0 Å². The second-order valence-corrected chi connectivity index (χ2v) is 9.28. The zero-order valence-corrected chi connectivity index (χ0v) is 23.5. The van der Waals surface area contributed by atoms with E-state index in [1.54, 1.807) is 0 Å². The molecule has 0 heterocycles. The molecule has 0 aromatic rings. The summed E-state index contributed by atoms with van der Waals surface area (Å²) in [6.45, 7) is 8.37. The van der Waals surface area contributed by atoms with Crippen LogP contribution in [0.15, 0.2) is 24.3 Å². The van der Waals surface area contributed by atoms with Crippen LogP contribution < -0.4 is 5.32 Å².